The van der Waals surface area contributed by atoms with Gasteiger partial charge in [-0.15, -0.1) is 0 Å². The highest BCUT2D eigenvalue weighted by atomic mass is 16.6. The molecule has 1 aromatic rings. The normalized spacial score (nSPS) is 20.6. The van der Waals surface area contributed by atoms with E-state index in [9.17, 15) is 9.59 Å². The summed E-state index contributed by atoms with van der Waals surface area (Å²) in [5.74, 6) is 0.171. The van der Waals surface area contributed by atoms with Crippen LogP contribution in [0.5, 0.6) is 0 Å². The lowest BCUT2D eigenvalue weighted by molar-refractivity contribution is -0.119. The van der Waals surface area contributed by atoms with Gasteiger partial charge >= 0.3 is 6.03 Å². The van der Waals surface area contributed by atoms with E-state index in [-0.39, 0.29) is 24.0 Å². The van der Waals surface area contributed by atoms with E-state index in [1.54, 1.807) is 6.07 Å². The molecule has 2 aliphatic rings. The summed E-state index contributed by atoms with van der Waals surface area (Å²) in [7, 11) is 0. The van der Waals surface area contributed by atoms with E-state index in [0.29, 0.717) is 37.7 Å². The van der Waals surface area contributed by atoms with Gasteiger partial charge in [0, 0.05) is 23.8 Å². The number of anilines is 2. The molecule has 1 saturated carbocycles. The lowest BCUT2D eigenvalue weighted by Gasteiger charge is -2.23. The van der Waals surface area contributed by atoms with Crippen molar-refractivity contribution in [1.82, 2.24) is 5.32 Å². The van der Waals surface area contributed by atoms with Gasteiger partial charge in [-0.25, -0.2) is 4.79 Å². The van der Waals surface area contributed by atoms with Crippen molar-refractivity contribution in [3.05, 3.63) is 23.8 Å². The van der Waals surface area contributed by atoms with Gasteiger partial charge < -0.3 is 25.4 Å². The average Bonchev–Trinajstić information content (AvgIpc) is 3.18. The van der Waals surface area contributed by atoms with Crippen LogP contribution in [-0.2, 0) is 14.3 Å². The molecule has 1 aromatic carbocycles. The summed E-state index contributed by atoms with van der Waals surface area (Å²) in [6.07, 6.45) is 4.03. The molecule has 1 aliphatic heterocycles. The number of carbonyl (C=O) groups excluding carboxylic acids is 2. The Hall–Kier alpha value is -2.12. The first-order chi connectivity index (χ1) is 12.6. The summed E-state index contributed by atoms with van der Waals surface area (Å²) >= 11 is 0. The number of benzene rings is 1. The third-order valence-electron chi connectivity index (χ3n) is 4.85. The highest BCUT2D eigenvalue weighted by molar-refractivity contribution is 5.95. The number of hydrogen-bond donors (Lipinski definition) is 3. The van der Waals surface area contributed by atoms with Gasteiger partial charge in [-0.05, 0) is 37.5 Å². The Labute approximate surface area is 153 Å². The molecule has 1 saturated heterocycles. The van der Waals surface area contributed by atoms with Crippen molar-refractivity contribution < 1.29 is 19.1 Å². The van der Waals surface area contributed by atoms with Crippen LogP contribution in [0.2, 0.25) is 0 Å². The molecule has 0 aromatic heterocycles. The molecule has 1 atom stereocenters. The standard InChI is InChI=1S/C19H27N3O4/c1-13-6-7-15(21-18(23)14-4-2-3-5-14)10-17(13)22-19(24)20-11-16-12-25-8-9-26-16/h6-7,10,14,16H,2-5,8-9,11-12H2,1H3,(H,21,23)(H2,20,22,24). The molecule has 2 fully saturated rings. The zero-order valence-electron chi connectivity index (χ0n) is 15.2. The van der Waals surface area contributed by atoms with Crippen molar-refractivity contribution >= 4 is 23.3 Å². The van der Waals surface area contributed by atoms with Crippen LogP contribution in [0.1, 0.15) is 31.2 Å². The molecular formula is C19H27N3O4. The Morgan fingerprint density at radius 3 is 2.69 bits per heavy atom. The lowest BCUT2D eigenvalue weighted by Crippen LogP contribution is -2.41. The molecule has 0 bridgehead atoms. The first kappa shape index (κ1) is 18.7. The minimum atomic E-state index is -0.304. The fraction of sp³-hybridized carbons (Fsp3) is 0.579. The molecular weight excluding hydrogens is 334 g/mol. The van der Waals surface area contributed by atoms with Crippen LogP contribution in [0.3, 0.4) is 0 Å². The predicted octanol–water partition coefficient (Wildman–Crippen LogP) is 2.66. The topological polar surface area (TPSA) is 88.7 Å². The molecule has 7 heteroatoms. The molecule has 26 heavy (non-hydrogen) atoms. The number of amides is 3. The van der Waals surface area contributed by atoms with Gasteiger partial charge in [0.15, 0.2) is 0 Å². The quantitative estimate of drug-likeness (QED) is 0.752. The van der Waals surface area contributed by atoms with E-state index in [2.05, 4.69) is 16.0 Å². The maximum absolute atomic E-state index is 12.3. The fourth-order valence-corrected chi connectivity index (χ4v) is 3.29. The monoisotopic (exact) mass is 361 g/mol. The van der Waals surface area contributed by atoms with E-state index in [0.717, 1.165) is 31.2 Å². The minimum Gasteiger partial charge on any atom is -0.376 e. The summed E-state index contributed by atoms with van der Waals surface area (Å²) in [6.45, 7) is 3.94. The first-order valence-corrected chi connectivity index (χ1v) is 9.27. The van der Waals surface area contributed by atoms with E-state index >= 15 is 0 Å². The van der Waals surface area contributed by atoms with Crippen molar-refractivity contribution in [2.45, 2.75) is 38.7 Å². The summed E-state index contributed by atoms with van der Waals surface area (Å²) in [6, 6.07) is 5.24. The zero-order chi connectivity index (χ0) is 18.4. The smallest absolute Gasteiger partial charge is 0.319 e. The van der Waals surface area contributed by atoms with E-state index in [1.165, 1.54) is 0 Å². The van der Waals surface area contributed by atoms with Gasteiger partial charge in [-0.2, -0.15) is 0 Å². The first-order valence-electron chi connectivity index (χ1n) is 9.27. The van der Waals surface area contributed by atoms with Crippen LogP contribution in [-0.4, -0.2) is 44.4 Å². The van der Waals surface area contributed by atoms with Gasteiger partial charge in [0.05, 0.1) is 25.9 Å². The number of nitrogens with one attached hydrogen (secondary N) is 3. The Kier molecular flexibility index (Phi) is 6.46. The highest BCUT2D eigenvalue weighted by Gasteiger charge is 2.22. The molecule has 1 aliphatic carbocycles. The lowest BCUT2D eigenvalue weighted by atomic mass is 10.1. The van der Waals surface area contributed by atoms with Gasteiger partial charge in [0.2, 0.25) is 5.91 Å². The van der Waals surface area contributed by atoms with Crippen molar-refractivity contribution in [3.8, 4) is 0 Å². The Balaban J connectivity index is 1.53. The molecule has 142 valence electrons. The van der Waals surface area contributed by atoms with E-state index in [1.807, 2.05) is 19.1 Å². The third-order valence-corrected chi connectivity index (χ3v) is 4.85. The maximum atomic E-state index is 12.3. The second-order valence-corrected chi connectivity index (χ2v) is 6.90. The number of aryl methyl sites for hydroxylation is 1. The Bertz CT molecular complexity index is 638. The molecule has 3 rings (SSSR count). The number of carbonyl (C=O) groups is 2. The van der Waals surface area contributed by atoms with Crippen molar-refractivity contribution in [2.24, 2.45) is 5.92 Å². The fourth-order valence-electron chi connectivity index (χ4n) is 3.29. The molecule has 0 radical (unpaired) electrons. The number of ether oxygens (including phenoxy) is 2. The van der Waals surface area contributed by atoms with E-state index < -0.39 is 0 Å². The summed E-state index contributed by atoms with van der Waals surface area (Å²) < 4.78 is 10.8. The van der Waals surface area contributed by atoms with Crippen LogP contribution in [0.4, 0.5) is 16.2 Å². The third kappa shape index (κ3) is 5.19. The zero-order valence-corrected chi connectivity index (χ0v) is 15.2. The predicted molar refractivity (Wildman–Crippen MR) is 99.3 cm³/mol. The SMILES string of the molecule is Cc1ccc(NC(=O)C2CCCC2)cc1NC(=O)NCC1COCCO1. The van der Waals surface area contributed by atoms with Crippen LogP contribution < -0.4 is 16.0 Å². The second kappa shape index (κ2) is 9.00. The molecule has 1 unspecified atom stereocenters. The van der Waals surface area contributed by atoms with Gasteiger partial charge in [0.25, 0.3) is 0 Å². The average molecular weight is 361 g/mol. The largest absolute Gasteiger partial charge is 0.376 e. The van der Waals surface area contributed by atoms with Gasteiger partial charge in [-0.3, -0.25) is 4.79 Å². The molecule has 3 amide bonds. The molecule has 3 N–H and O–H groups in total. The summed E-state index contributed by atoms with van der Waals surface area (Å²) in [4.78, 5) is 24.4. The van der Waals surface area contributed by atoms with Crippen LogP contribution in [0, 0.1) is 12.8 Å². The Morgan fingerprint density at radius 1 is 1.15 bits per heavy atom. The van der Waals surface area contributed by atoms with Gasteiger partial charge in [0.1, 0.15) is 0 Å². The molecule has 1 heterocycles. The van der Waals surface area contributed by atoms with Gasteiger partial charge in [-0.1, -0.05) is 18.9 Å². The van der Waals surface area contributed by atoms with Crippen LogP contribution >= 0.6 is 0 Å². The number of urea groups is 1. The van der Waals surface area contributed by atoms with Crippen LogP contribution in [0.25, 0.3) is 0 Å². The summed E-state index contributed by atoms with van der Waals surface area (Å²) in [5.41, 5.74) is 2.30. The summed E-state index contributed by atoms with van der Waals surface area (Å²) in [5, 5.41) is 8.59. The van der Waals surface area contributed by atoms with E-state index in [4.69, 9.17) is 9.47 Å². The van der Waals surface area contributed by atoms with Crippen molar-refractivity contribution in [1.29, 1.82) is 0 Å². The molecule has 7 nitrogen and oxygen atoms in total. The maximum Gasteiger partial charge on any atom is 0.319 e. The van der Waals surface area contributed by atoms with Crippen molar-refractivity contribution in [2.75, 3.05) is 37.0 Å². The highest BCUT2D eigenvalue weighted by Crippen LogP contribution is 2.27. The Morgan fingerprint density at radius 2 is 1.96 bits per heavy atom. The number of rotatable bonds is 5. The minimum absolute atomic E-state index is 0.0659. The number of hydrogen-bond acceptors (Lipinski definition) is 4. The molecule has 0 spiro atoms. The van der Waals surface area contributed by atoms with Crippen molar-refractivity contribution in [3.63, 3.8) is 0 Å². The van der Waals surface area contributed by atoms with Crippen LogP contribution in [0.15, 0.2) is 18.2 Å². The second-order valence-electron chi connectivity index (χ2n) is 6.90.